The maximum atomic E-state index is 9.06. The van der Waals surface area contributed by atoms with E-state index in [1.54, 1.807) is 0 Å². The molecule has 2 bridgehead atoms. The van der Waals surface area contributed by atoms with Crippen molar-refractivity contribution in [2.45, 2.75) is 6.42 Å². The predicted molar refractivity (Wildman–Crippen MR) is 61.9 cm³/mol. The Morgan fingerprint density at radius 2 is 2.00 bits per heavy atom. The molecule has 0 spiro atoms. The Labute approximate surface area is 89.7 Å². The number of fused-ring (bicyclic) bond motifs is 2. The van der Waals surface area contributed by atoms with E-state index in [4.69, 9.17) is 5.26 Å². The van der Waals surface area contributed by atoms with Gasteiger partial charge in [-0.15, -0.1) is 0 Å². The fourth-order valence-corrected chi connectivity index (χ4v) is 1.65. The minimum atomic E-state index is 0.710. The monoisotopic (exact) mass is 193 g/mol. The summed E-state index contributed by atoms with van der Waals surface area (Å²) in [6, 6.07) is 2.22. The van der Waals surface area contributed by atoms with Gasteiger partial charge in [-0.05, 0) is 29.2 Å². The van der Waals surface area contributed by atoms with Crippen molar-refractivity contribution < 1.29 is 0 Å². The molecule has 0 fully saturated rings. The summed E-state index contributed by atoms with van der Waals surface area (Å²) in [5.74, 6) is 0. The van der Waals surface area contributed by atoms with Gasteiger partial charge in [-0.3, -0.25) is 0 Å². The first-order valence-corrected chi connectivity index (χ1v) is 4.85. The zero-order valence-corrected chi connectivity index (χ0v) is 8.40. The number of nitriles is 1. The molecule has 0 radical (unpaired) electrons. The molecule has 1 heteroatoms. The molecule has 72 valence electrons. The Morgan fingerprint density at radius 3 is 2.80 bits per heavy atom. The molecule has 0 aromatic carbocycles. The van der Waals surface area contributed by atoms with E-state index in [-0.39, 0.29) is 0 Å². The molecule has 1 nitrogen and oxygen atoms in total. The molecule has 2 aliphatic carbocycles. The van der Waals surface area contributed by atoms with E-state index in [1.165, 1.54) is 5.57 Å². The van der Waals surface area contributed by atoms with Gasteiger partial charge in [-0.1, -0.05) is 43.0 Å². The lowest BCUT2D eigenvalue weighted by Gasteiger charge is -2.09. The number of nitrogens with zero attached hydrogens (tertiary/aromatic N) is 1. The summed E-state index contributed by atoms with van der Waals surface area (Å²) in [6.07, 6.45) is 14.6. The highest BCUT2D eigenvalue weighted by molar-refractivity contribution is 5.54. The van der Waals surface area contributed by atoms with Gasteiger partial charge in [0.2, 0.25) is 0 Å². The van der Waals surface area contributed by atoms with Gasteiger partial charge in [-0.2, -0.15) is 5.26 Å². The summed E-state index contributed by atoms with van der Waals surface area (Å²) in [4.78, 5) is 0. The van der Waals surface area contributed by atoms with Crippen molar-refractivity contribution in [3.63, 3.8) is 0 Å². The van der Waals surface area contributed by atoms with Crippen LogP contribution in [0.5, 0.6) is 0 Å². The predicted octanol–water partition coefficient (Wildman–Crippen LogP) is 3.38. The van der Waals surface area contributed by atoms with Gasteiger partial charge < -0.3 is 0 Å². The highest BCUT2D eigenvalue weighted by Gasteiger charge is 2.09. The average molecular weight is 193 g/mol. The third kappa shape index (κ3) is 2.05. The van der Waals surface area contributed by atoms with Crippen molar-refractivity contribution >= 4 is 0 Å². The van der Waals surface area contributed by atoms with Gasteiger partial charge in [0.1, 0.15) is 0 Å². The molecule has 0 atom stereocenters. The van der Waals surface area contributed by atoms with Gasteiger partial charge in [0, 0.05) is 0 Å². The normalized spacial score (nSPS) is 28.2. The Kier molecular flexibility index (Phi) is 2.51. The van der Waals surface area contributed by atoms with E-state index < -0.39 is 0 Å². The molecule has 0 unspecified atom stereocenters. The van der Waals surface area contributed by atoms with Gasteiger partial charge in [-0.25, -0.2) is 0 Å². The van der Waals surface area contributed by atoms with E-state index in [0.29, 0.717) is 5.57 Å². The lowest BCUT2D eigenvalue weighted by molar-refractivity contribution is 1.16. The largest absolute Gasteiger partial charge is 0.192 e. The van der Waals surface area contributed by atoms with E-state index in [2.05, 4.69) is 24.8 Å². The van der Waals surface area contributed by atoms with Crippen LogP contribution >= 0.6 is 0 Å². The summed E-state index contributed by atoms with van der Waals surface area (Å²) >= 11 is 0. The summed E-state index contributed by atoms with van der Waals surface area (Å²) < 4.78 is 0. The minimum Gasteiger partial charge on any atom is -0.192 e. The zero-order valence-electron chi connectivity index (χ0n) is 8.40. The molecule has 0 aromatic heterocycles. The number of hydrogen-bond acceptors (Lipinski definition) is 1. The zero-order chi connectivity index (χ0) is 10.7. The van der Waals surface area contributed by atoms with Crippen LogP contribution in [-0.4, -0.2) is 0 Å². The molecule has 0 heterocycles. The van der Waals surface area contributed by atoms with Gasteiger partial charge in [0.15, 0.2) is 0 Å². The molecular formula is C14H11N. The number of allylic oxidation sites excluding steroid dienone is 11. The van der Waals surface area contributed by atoms with Crippen LogP contribution in [0.15, 0.2) is 71.4 Å². The summed E-state index contributed by atoms with van der Waals surface area (Å²) in [5, 5.41) is 9.06. The Hall–Kier alpha value is -2.07. The van der Waals surface area contributed by atoms with Crippen molar-refractivity contribution in [2.75, 3.05) is 0 Å². The van der Waals surface area contributed by atoms with Crippen molar-refractivity contribution in [1.82, 2.24) is 0 Å². The molecular weight excluding hydrogens is 182 g/mol. The molecule has 2 aliphatic rings. The molecule has 0 saturated carbocycles. The molecule has 0 N–H and O–H groups in total. The molecule has 2 rings (SSSR count). The number of hydrogen-bond donors (Lipinski definition) is 0. The maximum absolute atomic E-state index is 9.06. The van der Waals surface area contributed by atoms with Gasteiger partial charge >= 0.3 is 0 Å². The fourth-order valence-electron chi connectivity index (χ4n) is 1.65. The lowest BCUT2D eigenvalue weighted by Crippen LogP contribution is -1.93. The van der Waals surface area contributed by atoms with E-state index in [0.717, 1.165) is 17.6 Å². The van der Waals surface area contributed by atoms with E-state index in [9.17, 15) is 0 Å². The smallest absolute Gasteiger partial charge is 0.0994 e. The topological polar surface area (TPSA) is 23.8 Å². The van der Waals surface area contributed by atoms with Crippen molar-refractivity contribution in [1.29, 1.82) is 5.26 Å². The SMILES string of the molecule is C=C1/C=C\C=C2\C=CC=C(C2)/C(C#N)=C\1. The Bertz CT molecular complexity index is 488. The second-order valence-electron chi connectivity index (χ2n) is 3.57. The summed E-state index contributed by atoms with van der Waals surface area (Å²) in [6.45, 7) is 3.88. The second-order valence-corrected chi connectivity index (χ2v) is 3.57. The third-order valence-corrected chi connectivity index (χ3v) is 2.42. The molecule has 0 aliphatic heterocycles. The van der Waals surface area contributed by atoms with Crippen molar-refractivity contribution in [2.24, 2.45) is 0 Å². The van der Waals surface area contributed by atoms with Gasteiger partial charge in [0.05, 0.1) is 11.6 Å². The lowest BCUT2D eigenvalue weighted by atomic mass is 9.94. The highest BCUT2D eigenvalue weighted by Crippen LogP contribution is 2.25. The van der Waals surface area contributed by atoms with Crippen LogP contribution in [0.3, 0.4) is 0 Å². The van der Waals surface area contributed by atoms with Crippen LogP contribution in [0, 0.1) is 11.3 Å². The Balaban J connectivity index is 2.53. The quantitative estimate of drug-likeness (QED) is 0.578. The second kappa shape index (κ2) is 3.98. The highest BCUT2D eigenvalue weighted by atomic mass is 14.3. The van der Waals surface area contributed by atoms with Crippen LogP contribution < -0.4 is 0 Å². The first kappa shape index (κ1) is 9.48. The van der Waals surface area contributed by atoms with Crippen LogP contribution in [0.4, 0.5) is 0 Å². The third-order valence-electron chi connectivity index (χ3n) is 2.42. The first-order valence-electron chi connectivity index (χ1n) is 4.85. The fraction of sp³-hybridized carbons (Fsp3) is 0.0714. The molecule has 0 aromatic rings. The maximum Gasteiger partial charge on any atom is 0.0994 e. The average Bonchev–Trinajstić information content (AvgIpc) is 2.30. The molecule has 0 saturated heterocycles. The molecule has 0 amide bonds. The molecule has 15 heavy (non-hydrogen) atoms. The standard InChI is InChI=1S/C14H11N/c1-11-4-2-5-12-6-3-7-13(9-12)14(8-11)10-15/h2-8H,1,9H2/b4-2-,12-5-,14-8-. The minimum absolute atomic E-state index is 0.710. The van der Waals surface area contributed by atoms with Crippen LogP contribution in [0.1, 0.15) is 6.42 Å². The van der Waals surface area contributed by atoms with Crippen LogP contribution in [0.2, 0.25) is 0 Å². The Morgan fingerprint density at radius 1 is 1.20 bits per heavy atom. The van der Waals surface area contributed by atoms with Crippen molar-refractivity contribution in [3.05, 3.63) is 71.4 Å². The van der Waals surface area contributed by atoms with Crippen molar-refractivity contribution in [3.8, 4) is 6.07 Å². The number of rotatable bonds is 0. The van der Waals surface area contributed by atoms with E-state index >= 15 is 0 Å². The van der Waals surface area contributed by atoms with Crippen LogP contribution in [0.25, 0.3) is 0 Å². The summed E-state index contributed by atoms with van der Waals surface area (Å²) in [5.41, 5.74) is 3.86. The van der Waals surface area contributed by atoms with Gasteiger partial charge in [0.25, 0.3) is 0 Å². The summed E-state index contributed by atoms with van der Waals surface area (Å²) in [7, 11) is 0. The van der Waals surface area contributed by atoms with Crippen LogP contribution in [-0.2, 0) is 0 Å². The first-order chi connectivity index (χ1) is 7.29. The van der Waals surface area contributed by atoms with E-state index in [1.807, 2.05) is 30.4 Å².